The van der Waals surface area contributed by atoms with E-state index in [1.54, 1.807) is 29.3 Å². The molecule has 120 valence electrons. The molecular formula is C16H17FN4OS. The molecule has 0 radical (unpaired) electrons. The first kappa shape index (κ1) is 15.6. The standard InChI is InChI=1S/C16H17FN4OS/c1-10(2)13(9-21-18-5-6-19-21)20-16(22)15-8-11-7-12(17)3-4-14(11)23-15/h3-8,10,13H,9H2,1-2H3,(H,20,22). The van der Waals surface area contributed by atoms with E-state index in [9.17, 15) is 9.18 Å². The topological polar surface area (TPSA) is 59.8 Å². The zero-order valence-electron chi connectivity index (χ0n) is 12.9. The molecule has 1 N–H and O–H groups in total. The van der Waals surface area contributed by atoms with Gasteiger partial charge in [-0.05, 0) is 35.6 Å². The van der Waals surface area contributed by atoms with Gasteiger partial charge in [-0.25, -0.2) is 4.39 Å². The second-order valence-corrected chi connectivity index (χ2v) is 6.78. The summed E-state index contributed by atoms with van der Waals surface area (Å²) in [6, 6.07) is 6.18. The summed E-state index contributed by atoms with van der Waals surface area (Å²) in [4.78, 5) is 14.6. The molecule has 7 heteroatoms. The van der Waals surface area contributed by atoms with E-state index in [4.69, 9.17) is 0 Å². The zero-order chi connectivity index (χ0) is 16.4. The molecular weight excluding hydrogens is 315 g/mol. The lowest BCUT2D eigenvalue weighted by molar-refractivity contribution is 0.0922. The van der Waals surface area contributed by atoms with Crippen molar-refractivity contribution in [3.05, 3.63) is 47.4 Å². The van der Waals surface area contributed by atoms with Crippen molar-refractivity contribution in [1.29, 1.82) is 0 Å². The fourth-order valence-corrected chi connectivity index (χ4v) is 3.25. The highest BCUT2D eigenvalue weighted by atomic mass is 32.1. The number of hydrogen-bond acceptors (Lipinski definition) is 4. The van der Waals surface area contributed by atoms with Crippen molar-refractivity contribution in [2.75, 3.05) is 0 Å². The Kier molecular flexibility index (Phi) is 4.38. The van der Waals surface area contributed by atoms with Crippen LogP contribution in [0.4, 0.5) is 4.39 Å². The number of carbonyl (C=O) groups excluding carboxylic acids is 1. The Balaban J connectivity index is 1.77. The van der Waals surface area contributed by atoms with Crippen LogP contribution in [0.15, 0.2) is 36.7 Å². The van der Waals surface area contributed by atoms with Gasteiger partial charge < -0.3 is 5.32 Å². The van der Waals surface area contributed by atoms with Gasteiger partial charge in [-0.1, -0.05) is 13.8 Å². The zero-order valence-corrected chi connectivity index (χ0v) is 13.7. The molecule has 1 aromatic carbocycles. The molecule has 3 rings (SSSR count). The Morgan fingerprint density at radius 1 is 1.30 bits per heavy atom. The Hall–Kier alpha value is -2.28. The number of amides is 1. The molecule has 0 bridgehead atoms. The van der Waals surface area contributed by atoms with Crippen LogP contribution in [0.2, 0.25) is 0 Å². The summed E-state index contributed by atoms with van der Waals surface area (Å²) in [5.41, 5.74) is 0. The highest BCUT2D eigenvalue weighted by Crippen LogP contribution is 2.26. The largest absolute Gasteiger partial charge is 0.346 e. The highest BCUT2D eigenvalue weighted by Gasteiger charge is 2.20. The monoisotopic (exact) mass is 332 g/mol. The van der Waals surface area contributed by atoms with Crippen molar-refractivity contribution in [1.82, 2.24) is 20.3 Å². The Bertz CT molecular complexity index is 813. The van der Waals surface area contributed by atoms with Crippen LogP contribution in [0.25, 0.3) is 10.1 Å². The SMILES string of the molecule is CC(C)C(Cn1nccn1)NC(=O)c1cc2cc(F)ccc2s1. The van der Waals surface area contributed by atoms with Gasteiger partial charge in [-0.3, -0.25) is 4.79 Å². The van der Waals surface area contributed by atoms with Gasteiger partial charge in [0.25, 0.3) is 5.91 Å². The number of nitrogens with one attached hydrogen (secondary N) is 1. The van der Waals surface area contributed by atoms with Crippen LogP contribution in [-0.4, -0.2) is 26.9 Å². The van der Waals surface area contributed by atoms with Crippen LogP contribution < -0.4 is 5.32 Å². The molecule has 1 amide bonds. The van der Waals surface area contributed by atoms with E-state index in [0.717, 1.165) is 10.1 Å². The molecule has 23 heavy (non-hydrogen) atoms. The molecule has 0 fully saturated rings. The minimum absolute atomic E-state index is 0.0863. The van der Waals surface area contributed by atoms with Gasteiger partial charge in [0, 0.05) is 4.70 Å². The Morgan fingerprint density at radius 2 is 2.04 bits per heavy atom. The van der Waals surface area contributed by atoms with Crippen LogP contribution in [0.5, 0.6) is 0 Å². The maximum Gasteiger partial charge on any atom is 0.261 e. The fourth-order valence-electron chi connectivity index (χ4n) is 2.30. The Morgan fingerprint density at radius 3 is 2.74 bits per heavy atom. The normalized spacial score (nSPS) is 12.7. The van der Waals surface area contributed by atoms with Crippen LogP contribution >= 0.6 is 11.3 Å². The number of fused-ring (bicyclic) bond motifs is 1. The average Bonchev–Trinajstić information content (AvgIpc) is 3.14. The third kappa shape index (κ3) is 3.56. The first-order valence-electron chi connectivity index (χ1n) is 7.37. The summed E-state index contributed by atoms with van der Waals surface area (Å²) in [7, 11) is 0. The molecule has 0 saturated carbocycles. The van der Waals surface area contributed by atoms with E-state index < -0.39 is 0 Å². The lowest BCUT2D eigenvalue weighted by Gasteiger charge is -2.21. The number of carbonyl (C=O) groups is 1. The Labute approximate surface area is 137 Å². The third-order valence-corrected chi connectivity index (χ3v) is 4.76. The number of thiophene rings is 1. The van der Waals surface area contributed by atoms with Crippen molar-refractivity contribution in [2.24, 2.45) is 5.92 Å². The molecule has 2 heterocycles. The summed E-state index contributed by atoms with van der Waals surface area (Å²) >= 11 is 1.36. The third-order valence-electron chi connectivity index (χ3n) is 3.65. The van der Waals surface area contributed by atoms with E-state index in [1.807, 2.05) is 13.8 Å². The maximum absolute atomic E-state index is 13.3. The van der Waals surface area contributed by atoms with Crippen molar-refractivity contribution in [2.45, 2.75) is 26.4 Å². The number of hydrogen-bond donors (Lipinski definition) is 1. The number of benzene rings is 1. The van der Waals surface area contributed by atoms with Crippen LogP contribution in [0.3, 0.4) is 0 Å². The summed E-state index contributed by atoms with van der Waals surface area (Å²) < 4.78 is 14.2. The van der Waals surface area contributed by atoms with Gasteiger partial charge in [0.15, 0.2) is 0 Å². The molecule has 0 spiro atoms. The van der Waals surface area contributed by atoms with Gasteiger partial charge in [-0.15, -0.1) is 11.3 Å². The number of aromatic nitrogens is 3. The first-order chi connectivity index (χ1) is 11.0. The molecule has 2 aromatic heterocycles. The molecule has 5 nitrogen and oxygen atoms in total. The smallest absolute Gasteiger partial charge is 0.261 e. The van der Waals surface area contributed by atoms with Gasteiger partial charge >= 0.3 is 0 Å². The van der Waals surface area contributed by atoms with Crippen LogP contribution in [0.1, 0.15) is 23.5 Å². The quantitative estimate of drug-likeness (QED) is 0.781. The van der Waals surface area contributed by atoms with Gasteiger partial charge in [0.2, 0.25) is 0 Å². The summed E-state index contributed by atoms with van der Waals surface area (Å²) in [6.07, 6.45) is 3.22. The van der Waals surface area contributed by atoms with Crippen molar-refractivity contribution >= 4 is 27.3 Å². The van der Waals surface area contributed by atoms with Crippen LogP contribution in [-0.2, 0) is 6.54 Å². The number of halogens is 1. The van der Waals surface area contributed by atoms with E-state index in [1.165, 1.54) is 23.5 Å². The number of rotatable bonds is 5. The fraction of sp³-hybridized carbons (Fsp3) is 0.312. The van der Waals surface area contributed by atoms with E-state index in [2.05, 4.69) is 15.5 Å². The average molecular weight is 332 g/mol. The predicted octanol–water partition coefficient (Wildman–Crippen LogP) is 3.09. The van der Waals surface area contributed by atoms with E-state index in [-0.39, 0.29) is 23.7 Å². The minimum Gasteiger partial charge on any atom is -0.346 e. The van der Waals surface area contributed by atoms with Crippen molar-refractivity contribution in [3.8, 4) is 0 Å². The van der Waals surface area contributed by atoms with Gasteiger partial charge in [0.05, 0.1) is 29.9 Å². The van der Waals surface area contributed by atoms with Gasteiger partial charge in [-0.2, -0.15) is 15.0 Å². The lowest BCUT2D eigenvalue weighted by Crippen LogP contribution is -2.41. The highest BCUT2D eigenvalue weighted by molar-refractivity contribution is 7.20. The molecule has 0 saturated heterocycles. The second kappa shape index (κ2) is 6.45. The summed E-state index contributed by atoms with van der Waals surface area (Å²) in [5.74, 6) is -0.221. The maximum atomic E-state index is 13.3. The molecule has 0 aliphatic heterocycles. The molecule has 3 aromatic rings. The van der Waals surface area contributed by atoms with Crippen molar-refractivity contribution in [3.63, 3.8) is 0 Å². The minimum atomic E-state index is -0.299. The summed E-state index contributed by atoms with van der Waals surface area (Å²) in [6.45, 7) is 4.58. The van der Waals surface area contributed by atoms with Gasteiger partial charge in [0.1, 0.15) is 5.82 Å². The first-order valence-corrected chi connectivity index (χ1v) is 8.18. The second-order valence-electron chi connectivity index (χ2n) is 5.70. The lowest BCUT2D eigenvalue weighted by atomic mass is 10.0. The predicted molar refractivity (Wildman–Crippen MR) is 87.9 cm³/mol. The van der Waals surface area contributed by atoms with Crippen LogP contribution in [0, 0.1) is 11.7 Å². The molecule has 1 unspecified atom stereocenters. The van der Waals surface area contributed by atoms with Crippen molar-refractivity contribution < 1.29 is 9.18 Å². The molecule has 1 atom stereocenters. The summed E-state index contributed by atoms with van der Waals surface area (Å²) in [5, 5.41) is 11.9. The molecule has 0 aliphatic carbocycles. The van der Waals surface area contributed by atoms with E-state index in [0.29, 0.717) is 11.4 Å². The van der Waals surface area contributed by atoms with E-state index >= 15 is 0 Å². The molecule has 0 aliphatic rings. The number of nitrogens with zero attached hydrogens (tertiary/aromatic N) is 3.